The van der Waals surface area contributed by atoms with E-state index in [0.717, 1.165) is 54.6 Å². The van der Waals surface area contributed by atoms with Gasteiger partial charge in [-0.1, -0.05) is 34.3 Å². The molecule has 0 aliphatic rings. The van der Waals surface area contributed by atoms with E-state index in [1.807, 2.05) is 27.7 Å². The quantitative estimate of drug-likeness (QED) is 0.0158. The van der Waals surface area contributed by atoms with Gasteiger partial charge in [-0.15, -0.1) is 12.4 Å². The van der Waals surface area contributed by atoms with Crippen LogP contribution in [-0.4, -0.2) is 77.3 Å². The van der Waals surface area contributed by atoms with Gasteiger partial charge in [-0.05, 0) is 129 Å². The van der Waals surface area contributed by atoms with Crippen LogP contribution >= 0.6 is 68.0 Å². The van der Waals surface area contributed by atoms with E-state index in [4.69, 9.17) is 58.4 Å². The molecule has 2 aromatic heterocycles. The lowest BCUT2D eigenvalue weighted by atomic mass is 10.1. The molecule has 8 aromatic rings. The number of nitrogens with one attached hydrogen (secondary N) is 2. The summed E-state index contributed by atoms with van der Waals surface area (Å²) in [4.78, 5) is 141. The molecule has 528 valence electrons. The van der Waals surface area contributed by atoms with Crippen LogP contribution in [0.1, 0.15) is 80.3 Å². The van der Waals surface area contributed by atoms with Crippen LogP contribution in [0.2, 0.25) is 0 Å². The fourth-order valence-electron chi connectivity index (χ4n) is 6.59. The number of nitriles is 3. The van der Waals surface area contributed by atoms with Crippen molar-refractivity contribution < 1.29 is 63.3 Å². The molecule has 8 rings (SSSR count). The summed E-state index contributed by atoms with van der Waals surface area (Å²) < 4.78 is 9.45. The van der Waals surface area contributed by atoms with Crippen LogP contribution < -0.4 is 33.7 Å². The van der Waals surface area contributed by atoms with Crippen molar-refractivity contribution in [3.8, 4) is 18.2 Å². The molecular formula is C61H51Cl4IN12O22S. The molecule has 101 heavy (non-hydrogen) atoms. The molecule has 34 nitrogen and oxygen atoms in total. The Morgan fingerprint density at radius 1 is 0.515 bits per heavy atom. The number of aromatic nitrogens is 2. The van der Waals surface area contributed by atoms with Crippen molar-refractivity contribution in [2.45, 2.75) is 27.7 Å². The second-order valence-electron chi connectivity index (χ2n) is 16.8. The van der Waals surface area contributed by atoms with Crippen LogP contribution in [-0.2, 0) is 9.23 Å². The van der Waals surface area contributed by atoms with Crippen LogP contribution in [0.25, 0.3) is 33.7 Å². The Hall–Kier alpha value is -12.5. The number of aromatic amines is 2. The lowest BCUT2D eigenvalue weighted by Gasteiger charge is -2.00. The minimum Gasteiger partial charge on any atom is -0.478 e. The molecule has 0 spiro atoms. The third-order valence-electron chi connectivity index (χ3n) is 10.7. The van der Waals surface area contributed by atoms with E-state index in [1.165, 1.54) is 85.0 Å². The molecule has 40 heteroatoms. The lowest BCUT2D eigenvalue weighted by molar-refractivity contribution is -0.385. The van der Waals surface area contributed by atoms with Gasteiger partial charge in [0.25, 0.3) is 55.9 Å². The van der Waals surface area contributed by atoms with E-state index < -0.39 is 79.2 Å². The maximum atomic E-state index is 11.5. The number of nitro groups is 5. The number of H-pyrrole nitrogens is 2. The standard InChI is InChI=1S/C10H5ClN2O3.2C10H6N2O4.C10H8N2O2.C7H4INO4.C7H6N2O4.C3H3N.2C2H6.Cl2OS.ClH/c11-10(14)9-4-3-8(13(15)16)6-7(9)2-1-5-12;13-9-4-1-6-5-7(12(15)16)2-3-8(6)10(14)11-9;11-5-1-2-7-6-8(12(15)16)3-4-9(7)10(13)14;11-7-2-3-8-6(5-7)1-4-9(13)12-10(8)14;2*8-6-3-4(9(12)13)1-2-5(6)7(10)11;1-2-3-4;2*1-2;1-4(2)3;/h1-4,6H;1-5H,(H,11,13,14);1-4,6H,(H,13,14);1-5H,11H2,(H,12,13,14);1-3H,(H,10,11);1-3H,8H2,(H,10,11);2H,1H2;2*1-2H3;;1H/b2-1+;;2-1+;;;;;;;;. The van der Waals surface area contributed by atoms with Gasteiger partial charge < -0.3 is 26.8 Å². The Kier molecular flexibility index (Phi) is 45.0. The molecule has 2 heterocycles. The van der Waals surface area contributed by atoms with Crippen molar-refractivity contribution in [1.82, 2.24) is 9.97 Å². The number of nitro benzene ring substituents is 5. The van der Waals surface area contributed by atoms with E-state index in [2.05, 4.69) is 37.9 Å². The Morgan fingerprint density at radius 2 is 0.832 bits per heavy atom. The average Bonchev–Trinajstić information content (AvgIpc) is 1.84. The zero-order chi connectivity index (χ0) is 77.1. The first-order valence-electron chi connectivity index (χ1n) is 26.6. The topological polar surface area (TPSA) is 585 Å². The van der Waals surface area contributed by atoms with Crippen molar-refractivity contribution in [3.05, 3.63) is 287 Å². The molecule has 0 bridgehead atoms. The van der Waals surface area contributed by atoms with Gasteiger partial charge in [-0.2, -0.15) is 15.8 Å². The summed E-state index contributed by atoms with van der Waals surface area (Å²) in [5.74, 6) is -3.49. The monoisotopic (exact) mass is 1600 g/mol. The number of non-ortho nitro benzene ring substituents is 5. The number of nitrogens with two attached hydrogens (primary N) is 2. The molecule has 0 atom stereocenters. The SMILES string of the molecule is C=CC#N.CC.CC.Cl.N#C/C=C/c1cc([N+](=O)[O-])ccc1C(=O)Cl.N#C/C=C/c1cc([N+](=O)[O-])ccc1C(=O)O.Nc1cc([N+](=O)[O-])ccc1C(=O)O.Nc1ccc2c(=O)[nH]c(=O)ccc2c1.O=C(O)c1ccc([N+](=O)[O-])cc1I.O=S(Cl)Cl.O=c1ccc2cc([N+](=O)[O-])ccc2c(=O)[nH]1. The first-order valence-corrected chi connectivity index (χ1v) is 30.9. The number of benzene rings is 6. The number of carbonyl (C=O) groups excluding carboxylic acids is 1. The largest absolute Gasteiger partial charge is 0.478 e. The molecule has 0 saturated heterocycles. The van der Waals surface area contributed by atoms with E-state index in [-0.39, 0.29) is 85.3 Å². The fourth-order valence-corrected chi connectivity index (χ4v) is 7.49. The molecular weight excluding hydrogens is 1550 g/mol. The molecule has 0 aliphatic carbocycles. The first kappa shape index (κ1) is 92.7. The lowest BCUT2D eigenvalue weighted by Crippen LogP contribution is -2.12. The third-order valence-corrected chi connectivity index (χ3v) is 11.8. The number of rotatable bonds is 11. The number of carboxylic acid groups (broad SMARTS) is 3. The number of aromatic carboxylic acids is 3. The fraction of sp³-hybridized carbons (Fsp3) is 0.0656. The predicted molar refractivity (Wildman–Crippen MR) is 388 cm³/mol. The maximum absolute atomic E-state index is 11.5. The molecule has 0 unspecified atom stereocenters. The zero-order valence-electron chi connectivity index (χ0n) is 52.0. The van der Waals surface area contributed by atoms with Gasteiger partial charge in [-0.3, -0.25) is 84.5 Å². The van der Waals surface area contributed by atoms with E-state index in [0.29, 0.717) is 25.4 Å². The third kappa shape index (κ3) is 34.3. The van der Waals surface area contributed by atoms with Gasteiger partial charge in [0.05, 0.1) is 65.2 Å². The number of carbonyl (C=O) groups is 4. The van der Waals surface area contributed by atoms with Gasteiger partial charge in [-0.25, -0.2) is 18.6 Å². The summed E-state index contributed by atoms with van der Waals surface area (Å²) >= 11 is 7.04. The van der Waals surface area contributed by atoms with Gasteiger partial charge in [0.1, 0.15) is 0 Å². The van der Waals surface area contributed by atoms with Crippen molar-refractivity contribution in [2.75, 3.05) is 11.5 Å². The van der Waals surface area contributed by atoms with Crippen LogP contribution in [0, 0.1) is 88.1 Å². The second-order valence-corrected chi connectivity index (χ2v) is 20.8. The van der Waals surface area contributed by atoms with Gasteiger partial charge in [0.2, 0.25) is 9.23 Å². The van der Waals surface area contributed by atoms with Crippen LogP contribution in [0.4, 0.5) is 39.8 Å². The van der Waals surface area contributed by atoms with Gasteiger partial charge in [0, 0.05) is 138 Å². The smallest absolute Gasteiger partial charge is 0.337 e. The molecule has 0 radical (unpaired) electrons. The van der Waals surface area contributed by atoms with Gasteiger partial charge in [0.15, 0.2) is 0 Å². The summed E-state index contributed by atoms with van der Waals surface area (Å²) in [6, 6.07) is 33.0. The maximum Gasteiger partial charge on any atom is 0.337 e. The minimum atomic E-state index is -1.67. The van der Waals surface area contributed by atoms with Crippen molar-refractivity contribution in [2.24, 2.45) is 0 Å². The number of nitrogen functional groups attached to an aromatic ring is 2. The Bertz CT molecular complexity index is 4680. The van der Waals surface area contributed by atoms with Crippen molar-refractivity contribution in [1.29, 1.82) is 15.8 Å². The highest BCUT2D eigenvalue weighted by atomic mass is 127. The average molecular weight is 1600 g/mol. The number of nitrogens with zero attached hydrogens (tertiary/aromatic N) is 8. The van der Waals surface area contributed by atoms with Crippen molar-refractivity contribution in [3.63, 3.8) is 0 Å². The highest BCUT2D eigenvalue weighted by molar-refractivity contribution is 14.1. The van der Waals surface area contributed by atoms with Crippen molar-refractivity contribution >= 4 is 174 Å². The number of fused-ring (bicyclic) bond motifs is 2. The van der Waals surface area contributed by atoms with E-state index >= 15 is 0 Å². The Morgan fingerprint density at radius 3 is 1.18 bits per heavy atom. The number of halogens is 5. The Balaban J connectivity index is -0.00000110. The van der Waals surface area contributed by atoms with Crippen LogP contribution in [0.5, 0.6) is 0 Å². The molecule has 6 aromatic carbocycles. The predicted octanol–water partition coefficient (Wildman–Crippen LogP) is 12.6. The molecule has 0 amide bonds. The summed E-state index contributed by atoms with van der Waals surface area (Å²) in [6.07, 6.45) is 5.87. The van der Waals surface area contributed by atoms with E-state index in [9.17, 15) is 88.9 Å². The first-order chi connectivity index (χ1) is 47.0. The summed E-state index contributed by atoms with van der Waals surface area (Å²) in [6.45, 7) is 11.1. The Labute approximate surface area is 603 Å². The molecule has 0 aliphatic heterocycles. The second kappa shape index (κ2) is 49.1. The number of carboxylic acids is 3. The van der Waals surface area contributed by atoms with Gasteiger partial charge >= 0.3 is 17.9 Å². The highest BCUT2D eigenvalue weighted by Gasteiger charge is 2.17. The normalized spacial score (nSPS) is 9.29. The van der Waals surface area contributed by atoms with Crippen LogP contribution in [0.15, 0.2) is 177 Å². The minimum absolute atomic E-state index is 0. The summed E-state index contributed by atoms with van der Waals surface area (Å²) in [7, 11) is 7.36. The summed E-state index contributed by atoms with van der Waals surface area (Å²) in [5.41, 5.74) is 8.92. The number of allylic oxidation sites excluding steroid dienone is 3. The van der Waals surface area contributed by atoms with E-state index in [1.54, 1.807) is 65.1 Å². The number of hydrogen-bond acceptors (Lipinski definition) is 24. The molecule has 0 fully saturated rings. The molecule has 0 saturated carbocycles. The highest BCUT2D eigenvalue weighted by Crippen LogP contribution is 2.24. The summed E-state index contributed by atoms with van der Waals surface area (Å²) in [5, 5.41) is 103. The zero-order valence-corrected chi connectivity index (χ0v) is 58.0. The number of anilines is 2. The molecule has 9 N–H and O–H groups in total. The van der Waals surface area contributed by atoms with Crippen LogP contribution in [0.3, 0.4) is 0 Å². The number of hydrogen-bond donors (Lipinski definition) is 7.